The van der Waals surface area contributed by atoms with Crippen LogP contribution in [0.1, 0.15) is 22.3 Å². The molecule has 0 radical (unpaired) electrons. The highest BCUT2D eigenvalue weighted by Crippen LogP contribution is 2.38. The highest BCUT2D eigenvalue weighted by Gasteiger charge is 2.20. The van der Waals surface area contributed by atoms with E-state index in [0.717, 1.165) is 55.4 Å². The quantitative estimate of drug-likeness (QED) is 0.552. The Kier molecular flexibility index (Phi) is 6.84. The summed E-state index contributed by atoms with van der Waals surface area (Å²) in [6, 6.07) is 15.1. The maximum Gasteiger partial charge on any atom is 0.262 e. The van der Waals surface area contributed by atoms with Crippen molar-refractivity contribution in [2.75, 3.05) is 44.7 Å². The highest BCUT2D eigenvalue weighted by atomic mass is 32.2. The van der Waals surface area contributed by atoms with Crippen LogP contribution in [-0.2, 0) is 9.53 Å². The van der Waals surface area contributed by atoms with Crippen LogP contribution < -0.4 is 10.6 Å². The van der Waals surface area contributed by atoms with Gasteiger partial charge in [0.15, 0.2) is 0 Å². The van der Waals surface area contributed by atoms with Crippen molar-refractivity contribution >= 4 is 35.3 Å². The normalized spacial score (nSPS) is 18.0. The number of anilines is 1. The summed E-state index contributed by atoms with van der Waals surface area (Å²) in [5, 5.41) is 5.89. The number of morpholine rings is 1. The van der Waals surface area contributed by atoms with Gasteiger partial charge in [-0.3, -0.25) is 14.5 Å². The number of thioether (sulfide) groups is 1. The molecule has 0 spiro atoms. The molecule has 1 saturated heterocycles. The van der Waals surface area contributed by atoms with E-state index < -0.39 is 0 Å². The van der Waals surface area contributed by atoms with Crippen molar-refractivity contribution in [3.63, 3.8) is 0 Å². The molecule has 0 aliphatic carbocycles. The van der Waals surface area contributed by atoms with E-state index in [-0.39, 0.29) is 11.8 Å². The first-order valence-electron chi connectivity index (χ1n) is 10.2. The van der Waals surface area contributed by atoms with Gasteiger partial charge < -0.3 is 15.4 Å². The fourth-order valence-electron chi connectivity index (χ4n) is 3.42. The van der Waals surface area contributed by atoms with Gasteiger partial charge in [0.05, 0.1) is 23.8 Å². The van der Waals surface area contributed by atoms with E-state index in [1.807, 2.05) is 42.5 Å². The zero-order chi connectivity index (χ0) is 20.8. The molecule has 2 N–H and O–H groups in total. The van der Waals surface area contributed by atoms with Crippen LogP contribution >= 0.6 is 11.8 Å². The average molecular weight is 424 g/mol. The smallest absolute Gasteiger partial charge is 0.262 e. The van der Waals surface area contributed by atoms with Gasteiger partial charge >= 0.3 is 0 Å². The van der Waals surface area contributed by atoms with Crippen LogP contribution in [0.15, 0.2) is 58.3 Å². The number of hydrogen-bond donors (Lipinski definition) is 2. The van der Waals surface area contributed by atoms with E-state index in [4.69, 9.17) is 4.74 Å². The van der Waals surface area contributed by atoms with Crippen LogP contribution in [0.25, 0.3) is 6.08 Å². The molecule has 2 heterocycles. The maximum absolute atomic E-state index is 12.4. The first-order valence-corrected chi connectivity index (χ1v) is 11.0. The molecule has 2 amide bonds. The molecule has 1 fully saturated rings. The van der Waals surface area contributed by atoms with Crippen LogP contribution in [0.3, 0.4) is 0 Å². The Labute approximate surface area is 180 Å². The largest absolute Gasteiger partial charge is 0.379 e. The predicted octanol–water partition coefficient (Wildman–Crippen LogP) is 3.22. The third-order valence-corrected chi connectivity index (χ3v) is 6.19. The van der Waals surface area contributed by atoms with Crippen LogP contribution in [0.5, 0.6) is 0 Å². The molecule has 6 nitrogen and oxygen atoms in total. The van der Waals surface area contributed by atoms with E-state index in [1.165, 1.54) is 11.8 Å². The van der Waals surface area contributed by atoms with Gasteiger partial charge in [-0.15, -0.1) is 0 Å². The second kappa shape index (κ2) is 9.93. The molecule has 4 rings (SSSR count). The molecule has 2 aromatic carbocycles. The zero-order valence-corrected chi connectivity index (χ0v) is 17.5. The minimum atomic E-state index is -0.110. The van der Waals surface area contributed by atoms with Gasteiger partial charge in [-0.2, -0.15) is 0 Å². The Morgan fingerprint density at radius 1 is 1.13 bits per heavy atom. The van der Waals surface area contributed by atoms with E-state index in [2.05, 4.69) is 15.5 Å². The third-order valence-electron chi connectivity index (χ3n) is 5.09. The lowest BCUT2D eigenvalue weighted by Gasteiger charge is -2.26. The van der Waals surface area contributed by atoms with Gasteiger partial charge in [0, 0.05) is 30.1 Å². The highest BCUT2D eigenvalue weighted by molar-refractivity contribution is 8.04. The number of ether oxygens (including phenoxy) is 1. The van der Waals surface area contributed by atoms with Gasteiger partial charge in [0.25, 0.3) is 11.8 Å². The molecule has 0 saturated carbocycles. The first-order chi connectivity index (χ1) is 14.7. The number of amides is 2. The molecule has 0 unspecified atom stereocenters. The van der Waals surface area contributed by atoms with Gasteiger partial charge in [-0.25, -0.2) is 0 Å². The number of nitrogens with one attached hydrogen (secondary N) is 2. The van der Waals surface area contributed by atoms with E-state index >= 15 is 0 Å². The lowest BCUT2D eigenvalue weighted by Crippen LogP contribution is -2.38. The van der Waals surface area contributed by atoms with Crippen LogP contribution in [0.2, 0.25) is 0 Å². The number of hydrogen-bond acceptors (Lipinski definition) is 5. The van der Waals surface area contributed by atoms with Crippen molar-refractivity contribution in [3.05, 3.63) is 64.6 Å². The number of fused-ring (bicyclic) bond motifs is 1. The number of carbonyl (C=O) groups is 2. The van der Waals surface area contributed by atoms with Crippen molar-refractivity contribution in [2.45, 2.75) is 11.3 Å². The number of para-hydroxylation sites is 1. The van der Waals surface area contributed by atoms with Crippen LogP contribution in [0, 0.1) is 0 Å². The summed E-state index contributed by atoms with van der Waals surface area (Å²) >= 11 is 1.45. The van der Waals surface area contributed by atoms with Crippen molar-refractivity contribution in [1.29, 1.82) is 0 Å². The lowest BCUT2D eigenvalue weighted by atomic mass is 10.1. The molecule has 0 bridgehead atoms. The molecule has 2 aliphatic heterocycles. The van der Waals surface area contributed by atoms with Gasteiger partial charge in [0.1, 0.15) is 0 Å². The van der Waals surface area contributed by atoms with Gasteiger partial charge in [-0.1, -0.05) is 36.0 Å². The van der Waals surface area contributed by atoms with Crippen molar-refractivity contribution < 1.29 is 14.3 Å². The summed E-state index contributed by atoms with van der Waals surface area (Å²) in [5.74, 6) is -0.185. The zero-order valence-electron chi connectivity index (χ0n) is 16.7. The van der Waals surface area contributed by atoms with E-state index in [9.17, 15) is 9.59 Å². The molecule has 156 valence electrons. The summed E-state index contributed by atoms with van der Waals surface area (Å²) in [6.07, 6.45) is 2.77. The Hall–Kier alpha value is -2.61. The van der Waals surface area contributed by atoms with Crippen molar-refractivity contribution in [1.82, 2.24) is 10.2 Å². The van der Waals surface area contributed by atoms with Crippen molar-refractivity contribution in [2.24, 2.45) is 0 Å². The molecular weight excluding hydrogens is 398 g/mol. The molecule has 30 heavy (non-hydrogen) atoms. The first kappa shape index (κ1) is 20.7. The number of nitrogens with zero attached hydrogens (tertiary/aromatic N) is 1. The Balaban J connectivity index is 1.30. The van der Waals surface area contributed by atoms with E-state index in [0.29, 0.717) is 17.0 Å². The van der Waals surface area contributed by atoms with E-state index in [1.54, 1.807) is 12.1 Å². The minimum Gasteiger partial charge on any atom is -0.379 e. The minimum absolute atomic E-state index is 0.0742. The third kappa shape index (κ3) is 5.30. The predicted molar refractivity (Wildman–Crippen MR) is 120 cm³/mol. The topological polar surface area (TPSA) is 70.7 Å². The summed E-state index contributed by atoms with van der Waals surface area (Å²) in [7, 11) is 0. The second-order valence-corrected chi connectivity index (χ2v) is 8.33. The maximum atomic E-state index is 12.4. The lowest BCUT2D eigenvalue weighted by molar-refractivity contribution is -0.112. The van der Waals surface area contributed by atoms with Gasteiger partial charge in [0.2, 0.25) is 0 Å². The molecular formula is C23H25N3O3S. The molecule has 2 aliphatic rings. The monoisotopic (exact) mass is 423 g/mol. The van der Waals surface area contributed by atoms with Crippen LogP contribution in [-0.4, -0.2) is 56.1 Å². The fraction of sp³-hybridized carbons (Fsp3) is 0.304. The summed E-state index contributed by atoms with van der Waals surface area (Å²) in [6.45, 7) is 5.14. The summed E-state index contributed by atoms with van der Waals surface area (Å²) in [5.41, 5.74) is 2.34. The standard InChI is InChI=1S/C23H25N3O3S/c27-22(24-10-3-11-26-12-14-29-15-13-26)18-8-6-17(7-9-18)16-21-23(28)25-19-4-1-2-5-20(19)30-21/h1-2,4-9,16H,3,10-15H2,(H,24,27)(H,25,28). The SMILES string of the molecule is O=C1Nc2ccccc2SC1=Cc1ccc(C(=O)NCCCN2CCOCC2)cc1. The van der Waals surface area contributed by atoms with Crippen LogP contribution in [0.4, 0.5) is 5.69 Å². The molecule has 2 aromatic rings. The second-order valence-electron chi connectivity index (χ2n) is 7.25. The average Bonchev–Trinajstić information content (AvgIpc) is 2.78. The summed E-state index contributed by atoms with van der Waals surface area (Å²) in [4.78, 5) is 28.7. The Morgan fingerprint density at radius 3 is 2.70 bits per heavy atom. The number of carbonyl (C=O) groups excluding carboxylic acids is 2. The number of benzene rings is 2. The van der Waals surface area contributed by atoms with Gasteiger partial charge in [-0.05, 0) is 48.9 Å². The fourth-order valence-corrected chi connectivity index (χ4v) is 4.37. The molecule has 0 atom stereocenters. The number of rotatable bonds is 6. The molecule has 7 heteroatoms. The van der Waals surface area contributed by atoms with Crippen molar-refractivity contribution in [3.8, 4) is 0 Å². The summed E-state index contributed by atoms with van der Waals surface area (Å²) < 4.78 is 5.34. The Bertz CT molecular complexity index is 937. The molecule has 0 aromatic heterocycles. The Morgan fingerprint density at radius 2 is 1.90 bits per heavy atom.